The SMILES string of the molecule is O=C(O)N1CCC[C@@H](Nc2cc(Br)cc(C(F)(F)F)c2)C1. The molecule has 0 bridgehead atoms. The summed E-state index contributed by atoms with van der Waals surface area (Å²) < 4.78 is 38.6. The number of alkyl halides is 3. The molecular weight excluding hydrogens is 353 g/mol. The maximum Gasteiger partial charge on any atom is 0.416 e. The van der Waals surface area contributed by atoms with E-state index in [-0.39, 0.29) is 12.6 Å². The Labute approximate surface area is 128 Å². The van der Waals surface area contributed by atoms with Gasteiger partial charge in [-0.15, -0.1) is 0 Å². The summed E-state index contributed by atoms with van der Waals surface area (Å²) in [5.41, 5.74) is -0.417. The molecule has 0 aromatic heterocycles. The fraction of sp³-hybridized carbons (Fsp3) is 0.462. The summed E-state index contributed by atoms with van der Waals surface area (Å²) in [5.74, 6) is 0. The summed E-state index contributed by atoms with van der Waals surface area (Å²) in [6.07, 6.45) is -4.02. The molecule has 1 heterocycles. The molecule has 8 heteroatoms. The summed E-state index contributed by atoms with van der Waals surface area (Å²) in [7, 11) is 0. The van der Waals surface area contributed by atoms with Crippen LogP contribution < -0.4 is 5.32 Å². The highest BCUT2D eigenvalue weighted by atomic mass is 79.9. The van der Waals surface area contributed by atoms with E-state index in [4.69, 9.17) is 5.11 Å². The molecule has 1 atom stereocenters. The first-order valence-electron chi connectivity index (χ1n) is 6.38. The number of benzene rings is 1. The van der Waals surface area contributed by atoms with Crippen molar-refractivity contribution in [2.75, 3.05) is 18.4 Å². The minimum Gasteiger partial charge on any atom is -0.465 e. The summed E-state index contributed by atoms with van der Waals surface area (Å²) >= 11 is 3.06. The third-order valence-electron chi connectivity index (χ3n) is 3.29. The van der Waals surface area contributed by atoms with Crippen LogP contribution in [0.15, 0.2) is 22.7 Å². The van der Waals surface area contributed by atoms with Crippen LogP contribution in [0.3, 0.4) is 0 Å². The zero-order valence-electron chi connectivity index (χ0n) is 11.0. The van der Waals surface area contributed by atoms with E-state index >= 15 is 0 Å². The van der Waals surface area contributed by atoms with Crippen LogP contribution in [0.5, 0.6) is 0 Å². The van der Waals surface area contributed by atoms with E-state index in [1.54, 1.807) is 6.07 Å². The van der Waals surface area contributed by atoms with E-state index in [9.17, 15) is 18.0 Å². The maximum absolute atomic E-state index is 12.8. The number of likely N-dealkylation sites (tertiary alicyclic amines) is 1. The van der Waals surface area contributed by atoms with Crippen molar-refractivity contribution in [1.29, 1.82) is 0 Å². The highest BCUT2D eigenvalue weighted by Gasteiger charge is 2.31. The lowest BCUT2D eigenvalue weighted by atomic mass is 10.1. The fourth-order valence-electron chi connectivity index (χ4n) is 2.34. The predicted molar refractivity (Wildman–Crippen MR) is 75.4 cm³/mol. The van der Waals surface area contributed by atoms with Gasteiger partial charge in [0.2, 0.25) is 0 Å². The van der Waals surface area contributed by atoms with Crippen LogP contribution in [0, 0.1) is 0 Å². The number of piperidine rings is 1. The van der Waals surface area contributed by atoms with Gasteiger partial charge < -0.3 is 15.3 Å². The second kappa shape index (κ2) is 6.13. The smallest absolute Gasteiger partial charge is 0.416 e. The van der Waals surface area contributed by atoms with Gasteiger partial charge in [-0.05, 0) is 31.0 Å². The maximum atomic E-state index is 12.8. The molecule has 1 amide bonds. The molecule has 0 saturated carbocycles. The van der Waals surface area contributed by atoms with Crippen molar-refractivity contribution in [3.8, 4) is 0 Å². The molecule has 21 heavy (non-hydrogen) atoms. The predicted octanol–water partition coefficient (Wildman–Crippen LogP) is 4.02. The van der Waals surface area contributed by atoms with Gasteiger partial charge in [-0.2, -0.15) is 13.2 Å². The van der Waals surface area contributed by atoms with Gasteiger partial charge in [-0.25, -0.2) is 4.79 Å². The molecule has 1 aliphatic rings. The Bertz CT molecular complexity index is 537. The zero-order chi connectivity index (χ0) is 15.6. The summed E-state index contributed by atoms with van der Waals surface area (Å²) in [5, 5.41) is 11.9. The molecule has 0 spiro atoms. The van der Waals surface area contributed by atoms with Crippen molar-refractivity contribution in [1.82, 2.24) is 4.90 Å². The molecule has 1 aliphatic heterocycles. The topological polar surface area (TPSA) is 52.6 Å². The third kappa shape index (κ3) is 4.26. The van der Waals surface area contributed by atoms with E-state index in [1.165, 1.54) is 4.90 Å². The monoisotopic (exact) mass is 366 g/mol. The minimum absolute atomic E-state index is 0.190. The molecule has 1 aromatic rings. The van der Waals surface area contributed by atoms with Crippen LogP contribution >= 0.6 is 15.9 Å². The average Bonchev–Trinajstić information content (AvgIpc) is 2.37. The molecule has 4 nitrogen and oxygen atoms in total. The molecule has 0 radical (unpaired) electrons. The van der Waals surface area contributed by atoms with E-state index < -0.39 is 17.8 Å². The van der Waals surface area contributed by atoms with Crippen LogP contribution in [-0.2, 0) is 6.18 Å². The number of halogens is 4. The van der Waals surface area contributed by atoms with Crippen molar-refractivity contribution in [2.24, 2.45) is 0 Å². The quantitative estimate of drug-likeness (QED) is 0.830. The molecular formula is C13H14BrF3N2O2. The number of anilines is 1. The number of nitrogens with zero attached hydrogens (tertiary/aromatic N) is 1. The minimum atomic E-state index is -4.42. The highest BCUT2D eigenvalue weighted by molar-refractivity contribution is 9.10. The van der Waals surface area contributed by atoms with Gasteiger partial charge in [-0.1, -0.05) is 15.9 Å². The van der Waals surface area contributed by atoms with E-state index in [1.807, 2.05) is 0 Å². The number of carbonyl (C=O) groups is 1. The van der Waals surface area contributed by atoms with Crippen molar-refractivity contribution >= 4 is 27.7 Å². The van der Waals surface area contributed by atoms with E-state index in [0.29, 0.717) is 23.1 Å². The average molecular weight is 367 g/mol. The standard InChI is InChI=1S/C13H14BrF3N2O2/c14-9-4-8(13(15,16)17)5-11(6-9)18-10-2-1-3-19(7-10)12(20)21/h4-6,10,18H,1-3,7H2,(H,20,21)/t10-/m1/s1. The molecule has 1 aromatic carbocycles. The van der Waals surface area contributed by atoms with Gasteiger partial charge in [-0.3, -0.25) is 0 Å². The molecule has 116 valence electrons. The van der Waals surface area contributed by atoms with Crippen LogP contribution in [0.2, 0.25) is 0 Å². The lowest BCUT2D eigenvalue weighted by Crippen LogP contribution is -2.44. The Morgan fingerprint density at radius 1 is 1.38 bits per heavy atom. The number of hydrogen-bond donors (Lipinski definition) is 2. The van der Waals surface area contributed by atoms with Gasteiger partial charge in [0.25, 0.3) is 0 Å². The van der Waals surface area contributed by atoms with Crippen LogP contribution in [0.4, 0.5) is 23.7 Å². The molecule has 1 fully saturated rings. The van der Waals surface area contributed by atoms with Crippen molar-refractivity contribution in [2.45, 2.75) is 25.1 Å². The Hall–Kier alpha value is -1.44. The molecule has 2 N–H and O–H groups in total. The fourth-order valence-corrected chi connectivity index (χ4v) is 2.83. The number of rotatable bonds is 2. The van der Waals surface area contributed by atoms with Crippen LogP contribution in [0.1, 0.15) is 18.4 Å². The Morgan fingerprint density at radius 2 is 2.10 bits per heavy atom. The Morgan fingerprint density at radius 3 is 2.71 bits per heavy atom. The summed E-state index contributed by atoms with van der Waals surface area (Å²) in [6, 6.07) is 3.40. The second-order valence-corrected chi connectivity index (χ2v) is 5.85. The Balaban J connectivity index is 2.12. The van der Waals surface area contributed by atoms with Gasteiger partial charge in [0.1, 0.15) is 0 Å². The molecule has 0 unspecified atom stereocenters. The van der Waals surface area contributed by atoms with Gasteiger partial charge in [0.15, 0.2) is 0 Å². The number of nitrogens with one attached hydrogen (secondary N) is 1. The van der Waals surface area contributed by atoms with Crippen LogP contribution in [0.25, 0.3) is 0 Å². The summed E-state index contributed by atoms with van der Waals surface area (Å²) in [4.78, 5) is 12.2. The van der Waals surface area contributed by atoms with Gasteiger partial charge in [0.05, 0.1) is 5.56 Å². The van der Waals surface area contributed by atoms with Gasteiger partial charge in [0, 0.05) is 29.3 Å². The second-order valence-electron chi connectivity index (χ2n) is 4.94. The zero-order valence-corrected chi connectivity index (χ0v) is 12.5. The molecule has 1 saturated heterocycles. The third-order valence-corrected chi connectivity index (χ3v) is 3.75. The first-order chi connectivity index (χ1) is 9.75. The first kappa shape index (κ1) is 15.9. The number of amides is 1. The Kier molecular flexibility index (Phi) is 4.65. The van der Waals surface area contributed by atoms with Gasteiger partial charge >= 0.3 is 12.3 Å². The van der Waals surface area contributed by atoms with Crippen molar-refractivity contribution in [3.05, 3.63) is 28.2 Å². The first-order valence-corrected chi connectivity index (χ1v) is 7.17. The lowest BCUT2D eigenvalue weighted by molar-refractivity contribution is -0.137. The molecule has 2 rings (SSSR count). The largest absolute Gasteiger partial charge is 0.465 e. The lowest BCUT2D eigenvalue weighted by Gasteiger charge is -2.32. The van der Waals surface area contributed by atoms with Crippen LogP contribution in [-0.4, -0.2) is 35.2 Å². The highest BCUT2D eigenvalue weighted by Crippen LogP contribution is 2.33. The van der Waals surface area contributed by atoms with E-state index in [0.717, 1.165) is 18.6 Å². The molecule has 0 aliphatic carbocycles. The number of hydrogen-bond acceptors (Lipinski definition) is 2. The normalized spacial score (nSPS) is 19.4. The summed E-state index contributed by atoms with van der Waals surface area (Å²) in [6.45, 7) is 0.725. The number of carboxylic acid groups (broad SMARTS) is 1. The van der Waals surface area contributed by atoms with Crippen molar-refractivity contribution in [3.63, 3.8) is 0 Å². The van der Waals surface area contributed by atoms with Crippen molar-refractivity contribution < 1.29 is 23.1 Å². The van der Waals surface area contributed by atoms with E-state index in [2.05, 4.69) is 21.2 Å².